The van der Waals surface area contributed by atoms with Crippen LogP contribution in [0.1, 0.15) is 30.7 Å². The molecule has 1 aromatic carbocycles. The molecule has 1 N–H and O–H groups in total. The molecule has 6 heteroatoms. The van der Waals surface area contributed by atoms with Gasteiger partial charge in [0.1, 0.15) is 0 Å². The molecule has 0 aliphatic carbocycles. The number of hydrogen-bond donors (Lipinski definition) is 1. The van der Waals surface area contributed by atoms with Gasteiger partial charge in [-0.15, -0.1) is 0 Å². The summed E-state index contributed by atoms with van der Waals surface area (Å²) < 4.78 is 14.0. The van der Waals surface area contributed by atoms with Crippen LogP contribution in [0.3, 0.4) is 0 Å². The zero-order valence-corrected chi connectivity index (χ0v) is 13.3. The highest BCUT2D eigenvalue weighted by Crippen LogP contribution is 2.27. The second-order valence-corrected chi connectivity index (χ2v) is 6.39. The molecule has 1 atom stereocenters. The lowest BCUT2D eigenvalue weighted by Gasteiger charge is -2.17. The molecule has 1 aromatic heterocycles. The molecular formula is C18H19FN4O. The smallest absolute Gasteiger partial charge is 0.220 e. The molecule has 24 heavy (non-hydrogen) atoms. The number of carbonyl (C=O) groups is 1. The van der Waals surface area contributed by atoms with Crippen LogP contribution in [0.4, 0.5) is 10.2 Å². The first-order valence-electron chi connectivity index (χ1n) is 8.35. The molecule has 2 fully saturated rings. The maximum absolute atomic E-state index is 14.0. The van der Waals surface area contributed by atoms with Gasteiger partial charge >= 0.3 is 0 Å². The van der Waals surface area contributed by atoms with Crippen LogP contribution in [-0.2, 0) is 4.79 Å². The summed E-state index contributed by atoms with van der Waals surface area (Å²) in [5.41, 5.74) is 1.98. The molecule has 2 aliphatic heterocycles. The summed E-state index contributed by atoms with van der Waals surface area (Å²) in [7, 11) is 0. The maximum Gasteiger partial charge on any atom is 0.220 e. The summed E-state index contributed by atoms with van der Waals surface area (Å²) in [5.74, 6) is 0.882. The molecule has 0 saturated carbocycles. The summed E-state index contributed by atoms with van der Waals surface area (Å²) >= 11 is 0. The van der Waals surface area contributed by atoms with E-state index in [2.05, 4.69) is 15.3 Å². The standard InChI is InChI=1S/C18H19FN4O/c19-15-11-21-17(22-18(15)23-7-1-2-8-23)13-5-3-12(4-6-13)14-9-16(24)20-10-14/h3-6,11,14H,1-2,7-10H2,(H,20,24). The highest BCUT2D eigenvalue weighted by atomic mass is 19.1. The van der Waals surface area contributed by atoms with Crippen molar-refractivity contribution in [3.05, 3.63) is 41.8 Å². The third-order valence-electron chi connectivity index (χ3n) is 4.75. The number of hydrogen-bond acceptors (Lipinski definition) is 4. The second-order valence-electron chi connectivity index (χ2n) is 6.39. The Kier molecular flexibility index (Phi) is 3.88. The topological polar surface area (TPSA) is 58.1 Å². The minimum atomic E-state index is -0.368. The van der Waals surface area contributed by atoms with Crippen LogP contribution in [0.2, 0.25) is 0 Å². The van der Waals surface area contributed by atoms with Crippen molar-refractivity contribution in [2.24, 2.45) is 0 Å². The second kappa shape index (κ2) is 6.19. The molecular weight excluding hydrogens is 307 g/mol. The number of amides is 1. The minimum absolute atomic E-state index is 0.0983. The zero-order valence-electron chi connectivity index (χ0n) is 13.3. The third kappa shape index (κ3) is 2.84. The van der Waals surface area contributed by atoms with Gasteiger partial charge < -0.3 is 10.2 Å². The van der Waals surface area contributed by atoms with Crippen molar-refractivity contribution < 1.29 is 9.18 Å². The molecule has 2 saturated heterocycles. The first kappa shape index (κ1) is 15.1. The van der Waals surface area contributed by atoms with E-state index in [1.807, 2.05) is 29.2 Å². The Morgan fingerprint density at radius 1 is 1.17 bits per heavy atom. The van der Waals surface area contributed by atoms with Crippen molar-refractivity contribution in [1.29, 1.82) is 0 Å². The van der Waals surface area contributed by atoms with Gasteiger partial charge in [-0.25, -0.2) is 14.4 Å². The number of benzene rings is 1. The quantitative estimate of drug-likeness (QED) is 0.941. The normalized spacial score (nSPS) is 20.5. The van der Waals surface area contributed by atoms with E-state index in [-0.39, 0.29) is 17.6 Å². The molecule has 2 aromatic rings. The van der Waals surface area contributed by atoms with Crippen molar-refractivity contribution in [1.82, 2.24) is 15.3 Å². The molecule has 5 nitrogen and oxygen atoms in total. The van der Waals surface area contributed by atoms with Crippen LogP contribution < -0.4 is 10.2 Å². The first-order valence-corrected chi connectivity index (χ1v) is 8.35. The van der Waals surface area contributed by atoms with Gasteiger partial charge in [0, 0.05) is 37.5 Å². The summed E-state index contributed by atoms with van der Waals surface area (Å²) in [5, 5.41) is 2.85. The number of nitrogens with zero attached hydrogens (tertiary/aromatic N) is 3. The molecule has 0 bridgehead atoms. The van der Waals surface area contributed by atoms with E-state index in [9.17, 15) is 9.18 Å². The molecule has 0 radical (unpaired) electrons. The number of carbonyl (C=O) groups excluding carboxylic acids is 1. The highest BCUT2D eigenvalue weighted by Gasteiger charge is 2.23. The van der Waals surface area contributed by atoms with Crippen molar-refractivity contribution in [3.63, 3.8) is 0 Å². The van der Waals surface area contributed by atoms with Gasteiger partial charge in [-0.2, -0.15) is 0 Å². The Morgan fingerprint density at radius 2 is 1.92 bits per heavy atom. The molecule has 0 spiro atoms. The van der Waals surface area contributed by atoms with Crippen molar-refractivity contribution in [3.8, 4) is 11.4 Å². The molecule has 1 amide bonds. The van der Waals surface area contributed by atoms with Gasteiger partial charge in [-0.1, -0.05) is 24.3 Å². The van der Waals surface area contributed by atoms with Crippen LogP contribution in [-0.4, -0.2) is 35.5 Å². The summed E-state index contributed by atoms with van der Waals surface area (Å²) in [6, 6.07) is 7.89. The van der Waals surface area contributed by atoms with E-state index in [1.54, 1.807) is 0 Å². The highest BCUT2D eigenvalue weighted by molar-refractivity contribution is 5.79. The van der Waals surface area contributed by atoms with Gasteiger partial charge in [-0.05, 0) is 18.4 Å². The van der Waals surface area contributed by atoms with Crippen molar-refractivity contribution >= 4 is 11.7 Å². The lowest BCUT2D eigenvalue weighted by molar-refractivity contribution is -0.119. The number of halogens is 1. The fourth-order valence-corrected chi connectivity index (χ4v) is 3.39. The van der Waals surface area contributed by atoms with E-state index in [0.717, 1.165) is 37.1 Å². The van der Waals surface area contributed by atoms with Crippen molar-refractivity contribution in [2.45, 2.75) is 25.2 Å². The van der Waals surface area contributed by atoms with Gasteiger partial charge in [0.25, 0.3) is 0 Å². The summed E-state index contributed by atoms with van der Waals surface area (Å²) in [6.45, 7) is 2.37. The van der Waals surface area contributed by atoms with E-state index in [0.29, 0.717) is 24.6 Å². The Hall–Kier alpha value is -2.50. The lowest BCUT2D eigenvalue weighted by atomic mass is 9.97. The Morgan fingerprint density at radius 3 is 2.58 bits per heavy atom. The van der Waals surface area contributed by atoms with Gasteiger partial charge in [0.05, 0.1) is 6.20 Å². The summed E-state index contributed by atoms with van der Waals surface area (Å²) in [4.78, 5) is 21.9. The molecule has 3 heterocycles. The number of rotatable bonds is 3. The van der Waals surface area contributed by atoms with Gasteiger partial charge in [0.2, 0.25) is 5.91 Å². The van der Waals surface area contributed by atoms with Crippen LogP contribution in [0.15, 0.2) is 30.5 Å². The molecule has 1 unspecified atom stereocenters. The maximum atomic E-state index is 14.0. The molecule has 2 aliphatic rings. The average Bonchev–Trinajstić information content (AvgIpc) is 3.27. The predicted molar refractivity (Wildman–Crippen MR) is 89.2 cm³/mol. The molecule has 4 rings (SSSR count). The first-order chi connectivity index (χ1) is 11.7. The van der Waals surface area contributed by atoms with Crippen LogP contribution in [0.25, 0.3) is 11.4 Å². The van der Waals surface area contributed by atoms with E-state index >= 15 is 0 Å². The van der Waals surface area contributed by atoms with Gasteiger partial charge in [0.15, 0.2) is 17.5 Å². The van der Waals surface area contributed by atoms with Crippen LogP contribution >= 0.6 is 0 Å². The third-order valence-corrected chi connectivity index (χ3v) is 4.75. The monoisotopic (exact) mass is 326 g/mol. The Bertz CT molecular complexity index is 756. The molecule has 124 valence electrons. The fourth-order valence-electron chi connectivity index (χ4n) is 3.39. The van der Waals surface area contributed by atoms with Crippen molar-refractivity contribution in [2.75, 3.05) is 24.5 Å². The zero-order chi connectivity index (χ0) is 16.5. The average molecular weight is 326 g/mol. The number of nitrogens with one attached hydrogen (secondary N) is 1. The SMILES string of the molecule is O=C1CC(c2ccc(-c3ncc(F)c(N4CCCC4)n3)cc2)CN1. The number of aromatic nitrogens is 2. The minimum Gasteiger partial charge on any atom is -0.355 e. The fraction of sp³-hybridized carbons (Fsp3) is 0.389. The largest absolute Gasteiger partial charge is 0.355 e. The van der Waals surface area contributed by atoms with Gasteiger partial charge in [-0.3, -0.25) is 4.79 Å². The van der Waals surface area contributed by atoms with E-state index in [1.165, 1.54) is 6.20 Å². The van der Waals surface area contributed by atoms with E-state index < -0.39 is 0 Å². The van der Waals surface area contributed by atoms with Crippen LogP contribution in [0, 0.1) is 5.82 Å². The number of anilines is 1. The van der Waals surface area contributed by atoms with Crippen LogP contribution in [0.5, 0.6) is 0 Å². The van der Waals surface area contributed by atoms with E-state index in [4.69, 9.17) is 0 Å². The Labute approximate surface area is 139 Å². The predicted octanol–water partition coefficient (Wildman–Crippen LogP) is 2.49. The summed E-state index contributed by atoms with van der Waals surface area (Å²) in [6.07, 6.45) is 3.93. The Balaban J connectivity index is 1.59. The lowest BCUT2D eigenvalue weighted by Crippen LogP contribution is -2.21.